The van der Waals surface area contributed by atoms with Crippen LogP contribution >= 0.6 is 23.2 Å². The predicted molar refractivity (Wildman–Crippen MR) is 86.4 cm³/mol. The summed E-state index contributed by atoms with van der Waals surface area (Å²) in [7, 11) is 0. The molecule has 108 valence electrons. The van der Waals surface area contributed by atoms with Gasteiger partial charge < -0.3 is 10.3 Å². The highest BCUT2D eigenvalue weighted by molar-refractivity contribution is 6.39. The summed E-state index contributed by atoms with van der Waals surface area (Å²) in [6.07, 6.45) is 2.93. The van der Waals surface area contributed by atoms with E-state index in [0.29, 0.717) is 21.6 Å². The van der Waals surface area contributed by atoms with Crippen molar-refractivity contribution in [3.8, 4) is 11.3 Å². The standard InChI is InChI=1S/C15H19Cl2N3/c1-3-6-12-19-14(15(18)20(12)9-4-2)13-10(16)7-5-8-11(13)17/h5,7-8H,3-4,6,9,18H2,1-2H3. The Morgan fingerprint density at radius 2 is 1.80 bits per heavy atom. The van der Waals surface area contributed by atoms with Gasteiger partial charge in [0.2, 0.25) is 0 Å². The molecule has 2 aromatic rings. The van der Waals surface area contributed by atoms with Crippen molar-refractivity contribution in [3.63, 3.8) is 0 Å². The van der Waals surface area contributed by atoms with E-state index in [0.717, 1.165) is 37.2 Å². The van der Waals surface area contributed by atoms with Crippen LogP contribution in [-0.2, 0) is 13.0 Å². The third kappa shape index (κ3) is 2.79. The zero-order valence-corrected chi connectivity index (χ0v) is 13.3. The Kier molecular flexibility index (Phi) is 4.95. The van der Waals surface area contributed by atoms with Crippen LogP contribution in [0.15, 0.2) is 18.2 Å². The Bertz CT molecular complexity index is 585. The highest BCUT2D eigenvalue weighted by Gasteiger charge is 2.19. The summed E-state index contributed by atoms with van der Waals surface area (Å²) in [6, 6.07) is 5.43. The molecule has 0 saturated carbocycles. The maximum Gasteiger partial charge on any atom is 0.131 e. The molecule has 0 atom stereocenters. The smallest absolute Gasteiger partial charge is 0.131 e. The van der Waals surface area contributed by atoms with Gasteiger partial charge >= 0.3 is 0 Å². The van der Waals surface area contributed by atoms with Gasteiger partial charge in [-0.05, 0) is 25.0 Å². The number of aromatic nitrogens is 2. The largest absolute Gasteiger partial charge is 0.383 e. The summed E-state index contributed by atoms with van der Waals surface area (Å²) >= 11 is 12.5. The maximum absolute atomic E-state index is 6.27. The van der Waals surface area contributed by atoms with Crippen molar-refractivity contribution in [1.82, 2.24) is 9.55 Å². The zero-order valence-electron chi connectivity index (χ0n) is 11.8. The minimum absolute atomic E-state index is 0.577. The number of nitrogens with zero attached hydrogens (tertiary/aromatic N) is 2. The van der Waals surface area contributed by atoms with E-state index in [1.54, 1.807) is 12.1 Å². The van der Waals surface area contributed by atoms with Crippen LogP contribution < -0.4 is 5.73 Å². The zero-order chi connectivity index (χ0) is 14.7. The van der Waals surface area contributed by atoms with Gasteiger partial charge in [-0.1, -0.05) is 43.1 Å². The average Bonchev–Trinajstić information content (AvgIpc) is 2.69. The summed E-state index contributed by atoms with van der Waals surface area (Å²) in [4.78, 5) is 4.68. The molecule has 3 nitrogen and oxygen atoms in total. The second-order valence-corrected chi connectivity index (χ2v) is 5.57. The van der Waals surface area contributed by atoms with Crippen LogP contribution in [0.25, 0.3) is 11.3 Å². The number of imidazole rings is 1. The Labute approximate surface area is 129 Å². The molecular weight excluding hydrogens is 293 g/mol. The van der Waals surface area contributed by atoms with Crippen LogP contribution in [0.2, 0.25) is 10.0 Å². The summed E-state index contributed by atoms with van der Waals surface area (Å²) in [5.41, 5.74) is 7.69. The van der Waals surface area contributed by atoms with Gasteiger partial charge in [0.25, 0.3) is 0 Å². The lowest BCUT2D eigenvalue weighted by molar-refractivity contribution is 0.637. The number of hydrogen-bond acceptors (Lipinski definition) is 2. The molecule has 0 aliphatic heterocycles. The van der Waals surface area contributed by atoms with Gasteiger partial charge in [-0.3, -0.25) is 0 Å². The number of aryl methyl sites for hydroxylation is 1. The Morgan fingerprint density at radius 3 is 2.35 bits per heavy atom. The molecule has 0 bridgehead atoms. The van der Waals surface area contributed by atoms with Gasteiger partial charge in [0, 0.05) is 18.5 Å². The molecule has 0 amide bonds. The molecule has 0 aliphatic carbocycles. The highest BCUT2D eigenvalue weighted by atomic mass is 35.5. The van der Waals surface area contributed by atoms with Crippen molar-refractivity contribution in [2.45, 2.75) is 39.7 Å². The van der Waals surface area contributed by atoms with Crippen molar-refractivity contribution in [2.75, 3.05) is 5.73 Å². The van der Waals surface area contributed by atoms with Crippen LogP contribution in [-0.4, -0.2) is 9.55 Å². The second-order valence-electron chi connectivity index (χ2n) is 4.76. The van der Waals surface area contributed by atoms with Crippen molar-refractivity contribution in [3.05, 3.63) is 34.1 Å². The summed E-state index contributed by atoms with van der Waals surface area (Å²) in [5.74, 6) is 1.64. The van der Waals surface area contributed by atoms with E-state index in [9.17, 15) is 0 Å². The molecule has 0 aliphatic rings. The molecule has 2 N–H and O–H groups in total. The molecular formula is C15H19Cl2N3. The molecule has 2 rings (SSSR count). The molecule has 0 spiro atoms. The first-order valence-electron chi connectivity index (χ1n) is 6.89. The van der Waals surface area contributed by atoms with Crippen LogP contribution in [0.3, 0.4) is 0 Å². The molecule has 0 unspecified atom stereocenters. The normalized spacial score (nSPS) is 11.0. The van der Waals surface area contributed by atoms with Gasteiger partial charge in [0.05, 0.1) is 10.0 Å². The van der Waals surface area contributed by atoms with Crippen molar-refractivity contribution < 1.29 is 0 Å². The summed E-state index contributed by atoms with van der Waals surface area (Å²) < 4.78 is 2.07. The maximum atomic E-state index is 6.27. The Hall–Kier alpha value is -1.19. The number of nitrogen functional groups attached to an aromatic ring is 1. The fourth-order valence-corrected chi connectivity index (χ4v) is 2.89. The van der Waals surface area contributed by atoms with E-state index in [4.69, 9.17) is 28.9 Å². The van der Waals surface area contributed by atoms with E-state index in [2.05, 4.69) is 23.4 Å². The number of benzene rings is 1. The fourth-order valence-electron chi connectivity index (χ4n) is 2.31. The first kappa shape index (κ1) is 15.2. The van der Waals surface area contributed by atoms with Gasteiger partial charge in [-0.2, -0.15) is 0 Å². The molecule has 1 aromatic heterocycles. The summed E-state index contributed by atoms with van der Waals surface area (Å²) in [5, 5.41) is 1.15. The fraction of sp³-hybridized carbons (Fsp3) is 0.400. The third-order valence-electron chi connectivity index (χ3n) is 3.21. The monoisotopic (exact) mass is 311 g/mol. The van der Waals surface area contributed by atoms with Gasteiger partial charge in [0.1, 0.15) is 17.3 Å². The SMILES string of the molecule is CCCc1nc(-c2c(Cl)cccc2Cl)c(N)n1CCC. The molecule has 0 radical (unpaired) electrons. The molecule has 5 heteroatoms. The number of hydrogen-bond donors (Lipinski definition) is 1. The van der Waals surface area contributed by atoms with E-state index >= 15 is 0 Å². The van der Waals surface area contributed by atoms with Gasteiger partial charge in [-0.15, -0.1) is 0 Å². The lowest BCUT2D eigenvalue weighted by Crippen LogP contribution is -2.06. The quantitative estimate of drug-likeness (QED) is 0.861. The minimum Gasteiger partial charge on any atom is -0.383 e. The van der Waals surface area contributed by atoms with Crippen LogP contribution in [0.4, 0.5) is 5.82 Å². The third-order valence-corrected chi connectivity index (χ3v) is 3.84. The van der Waals surface area contributed by atoms with Gasteiger partial charge in [-0.25, -0.2) is 4.98 Å². The van der Waals surface area contributed by atoms with E-state index in [-0.39, 0.29) is 0 Å². The predicted octanol–water partition coefficient (Wildman–Crippen LogP) is 4.80. The average molecular weight is 312 g/mol. The minimum atomic E-state index is 0.577. The first-order valence-corrected chi connectivity index (χ1v) is 7.65. The topological polar surface area (TPSA) is 43.8 Å². The van der Waals surface area contributed by atoms with Crippen LogP contribution in [0.5, 0.6) is 0 Å². The van der Waals surface area contributed by atoms with Crippen molar-refractivity contribution in [2.24, 2.45) is 0 Å². The second kappa shape index (κ2) is 6.51. The number of nitrogens with two attached hydrogens (primary N) is 1. The number of anilines is 1. The van der Waals surface area contributed by atoms with Crippen molar-refractivity contribution in [1.29, 1.82) is 0 Å². The first-order chi connectivity index (χ1) is 9.60. The molecule has 0 saturated heterocycles. The Morgan fingerprint density at radius 1 is 1.15 bits per heavy atom. The lowest BCUT2D eigenvalue weighted by Gasteiger charge is -2.08. The molecule has 20 heavy (non-hydrogen) atoms. The molecule has 1 heterocycles. The van der Waals surface area contributed by atoms with Crippen molar-refractivity contribution >= 4 is 29.0 Å². The molecule has 1 aromatic carbocycles. The number of rotatable bonds is 5. The lowest BCUT2D eigenvalue weighted by atomic mass is 10.1. The van der Waals surface area contributed by atoms with E-state index in [1.165, 1.54) is 0 Å². The van der Waals surface area contributed by atoms with Crippen LogP contribution in [0.1, 0.15) is 32.5 Å². The van der Waals surface area contributed by atoms with E-state index < -0.39 is 0 Å². The van der Waals surface area contributed by atoms with E-state index in [1.807, 2.05) is 6.07 Å². The Balaban J connectivity index is 2.60. The highest BCUT2D eigenvalue weighted by Crippen LogP contribution is 2.37. The van der Waals surface area contributed by atoms with Crippen LogP contribution in [0, 0.1) is 0 Å². The summed E-state index contributed by atoms with van der Waals surface area (Å²) in [6.45, 7) is 5.11. The van der Waals surface area contributed by atoms with Gasteiger partial charge in [0.15, 0.2) is 0 Å². The number of halogens is 2. The molecule has 0 fully saturated rings.